The highest BCUT2D eigenvalue weighted by molar-refractivity contribution is 7.17. The van der Waals surface area contributed by atoms with Crippen LogP contribution in [0, 0.1) is 6.92 Å². The van der Waals surface area contributed by atoms with E-state index in [0.29, 0.717) is 19.4 Å². The standard InChI is InChI=1S/C23H29NO5S/c1-13(2)22-24-18(15(5)29-22)8-10-27-19-7-6-16(21-17(19)9-11-30-21)12-20(23(25)26)28-14(3)4/h6-7,9,11,13-14,20H,8,10,12H2,1-5H3,(H,25,26). The lowest BCUT2D eigenvalue weighted by Gasteiger charge is -2.17. The molecular formula is C23H29NO5S. The Morgan fingerprint density at radius 3 is 2.63 bits per heavy atom. The van der Waals surface area contributed by atoms with Crippen molar-refractivity contribution in [2.75, 3.05) is 6.61 Å². The van der Waals surface area contributed by atoms with Crippen molar-refractivity contribution in [3.8, 4) is 5.75 Å². The molecule has 0 saturated carbocycles. The molecule has 0 aliphatic carbocycles. The highest BCUT2D eigenvalue weighted by Gasteiger charge is 2.22. The zero-order valence-corrected chi connectivity index (χ0v) is 18.9. The molecule has 3 aromatic rings. The second-order valence-electron chi connectivity index (χ2n) is 7.91. The van der Waals surface area contributed by atoms with Gasteiger partial charge in [-0.15, -0.1) is 11.3 Å². The Kier molecular flexibility index (Phi) is 7.15. The third kappa shape index (κ3) is 5.21. The van der Waals surface area contributed by atoms with Gasteiger partial charge in [0, 0.05) is 28.8 Å². The summed E-state index contributed by atoms with van der Waals surface area (Å²) in [7, 11) is 0. The van der Waals surface area contributed by atoms with Gasteiger partial charge in [-0.25, -0.2) is 9.78 Å². The number of carbonyl (C=O) groups is 1. The molecular weight excluding hydrogens is 402 g/mol. The minimum absolute atomic E-state index is 0.149. The maximum absolute atomic E-state index is 11.6. The van der Waals surface area contributed by atoms with E-state index >= 15 is 0 Å². The minimum Gasteiger partial charge on any atom is -0.493 e. The summed E-state index contributed by atoms with van der Waals surface area (Å²) in [4.78, 5) is 16.1. The topological polar surface area (TPSA) is 81.8 Å². The molecule has 0 aliphatic heterocycles. The Balaban J connectivity index is 1.72. The molecule has 0 spiro atoms. The number of aliphatic carboxylic acids is 1. The molecule has 7 heteroatoms. The lowest BCUT2D eigenvalue weighted by atomic mass is 10.1. The van der Waals surface area contributed by atoms with Crippen LogP contribution in [-0.2, 0) is 22.4 Å². The highest BCUT2D eigenvalue weighted by Crippen LogP contribution is 2.34. The molecule has 0 fully saturated rings. The second kappa shape index (κ2) is 9.62. The van der Waals surface area contributed by atoms with Gasteiger partial charge >= 0.3 is 5.97 Å². The summed E-state index contributed by atoms with van der Waals surface area (Å²) in [5.41, 5.74) is 1.88. The predicted octanol–water partition coefficient (Wildman–Crippen LogP) is 5.36. The fourth-order valence-corrected chi connectivity index (χ4v) is 4.23. The maximum Gasteiger partial charge on any atom is 0.333 e. The summed E-state index contributed by atoms with van der Waals surface area (Å²) >= 11 is 1.58. The smallest absolute Gasteiger partial charge is 0.333 e. The molecule has 1 unspecified atom stereocenters. The van der Waals surface area contributed by atoms with E-state index in [0.717, 1.165) is 38.7 Å². The van der Waals surface area contributed by atoms with Gasteiger partial charge in [-0.3, -0.25) is 0 Å². The van der Waals surface area contributed by atoms with Crippen LogP contribution in [0.2, 0.25) is 0 Å². The Morgan fingerprint density at radius 2 is 2.00 bits per heavy atom. The predicted molar refractivity (Wildman–Crippen MR) is 118 cm³/mol. The number of oxazole rings is 1. The molecule has 2 heterocycles. The van der Waals surface area contributed by atoms with Gasteiger partial charge < -0.3 is 19.0 Å². The van der Waals surface area contributed by atoms with Crippen LogP contribution in [0.15, 0.2) is 28.0 Å². The summed E-state index contributed by atoms with van der Waals surface area (Å²) in [6, 6.07) is 5.86. The van der Waals surface area contributed by atoms with E-state index in [2.05, 4.69) is 18.8 Å². The lowest BCUT2D eigenvalue weighted by Crippen LogP contribution is -2.29. The third-order valence-electron chi connectivity index (χ3n) is 4.77. The van der Waals surface area contributed by atoms with E-state index in [1.807, 2.05) is 44.4 Å². The van der Waals surface area contributed by atoms with Crippen molar-refractivity contribution in [1.82, 2.24) is 4.98 Å². The number of rotatable bonds is 10. The van der Waals surface area contributed by atoms with Crippen molar-refractivity contribution in [2.45, 2.75) is 65.6 Å². The Morgan fingerprint density at radius 1 is 1.23 bits per heavy atom. The zero-order valence-electron chi connectivity index (χ0n) is 18.1. The molecule has 0 bridgehead atoms. The quantitative estimate of drug-likeness (QED) is 0.465. The molecule has 162 valence electrons. The van der Waals surface area contributed by atoms with Crippen LogP contribution in [-0.4, -0.2) is 34.9 Å². The molecule has 0 saturated heterocycles. The Labute approximate surface area is 180 Å². The second-order valence-corrected chi connectivity index (χ2v) is 8.83. The van der Waals surface area contributed by atoms with Gasteiger partial charge in [-0.1, -0.05) is 19.9 Å². The number of hydrogen-bond acceptors (Lipinski definition) is 6. The van der Waals surface area contributed by atoms with Crippen LogP contribution in [0.3, 0.4) is 0 Å². The van der Waals surface area contributed by atoms with Crippen molar-refractivity contribution in [3.63, 3.8) is 0 Å². The van der Waals surface area contributed by atoms with Gasteiger partial charge in [0.15, 0.2) is 12.0 Å². The first-order valence-electron chi connectivity index (χ1n) is 10.2. The van der Waals surface area contributed by atoms with Crippen molar-refractivity contribution in [3.05, 3.63) is 46.5 Å². The molecule has 1 aromatic carbocycles. The summed E-state index contributed by atoms with van der Waals surface area (Å²) < 4.78 is 18.4. The first kappa shape index (κ1) is 22.3. The molecule has 0 radical (unpaired) electrons. The van der Waals surface area contributed by atoms with E-state index in [9.17, 15) is 9.90 Å². The number of aromatic nitrogens is 1. The largest absolute Gasteiger partial charge is 0.493 e. The number of thiophene rings is 1. The van der Waals surface area contributed by atoms with E-state index in [1.54, 1.807) is 11.3 Å². The van der Waals surface area contributed by atoms with Crippen LogP contribution in [0.25, 0.3) is 10.1 Å². The first-order chi connectivity index (χ1) is 14.3. The molecule has 0 aliphatic rings. The number of carboxylic acid groups (broad SMARTS) is 1. The fourth-order valence-electron chi connectivity index (χ4n) is 3.29. The van der Waals surface area contributed by atoms with Gasteiger partial charge in [-0.2, -0.15) is 0 Å². The fraction of sp³-hybridized carbons (Fsp3) is 0.478. The Hall–Kier alpha value is -2.38. The molecule has 1 atom stereocenters. The van der Waals surface area contributed by atoms with Gasteiger partial charge in [0.2, 0.25) is 0 Å². The summed E-state index contributed by atoms with van der Waals surface area (Å²) in [6.07, 6.45) is -0.0317. The average molecular weight is 432 g/mol. The monoisotopic (exact) mass is 431 g/mol. The summed E-state index contributed by atoms with van der Waals surface area (Å²) in [5, 5.41) is 12.5. The Bertz CT molecular complexity index is 1000. The van der Waals surface area contributed by atoms with E-state index in [1.165, 1.54) is 0 Å². The molecule has 1 N–H and O–H groups in total. The summed E-state index contributed by atoms with van der Waals surface area (Å²) in [6.45, 7) is 10.2. The number of fused-ring (bicyclic) bond motifs is 1. The lowest BCUT2D eigenvalue weighted by molar-refractivity contribution is -0.153. The van der Waals surface area contributed by atoms with Crippen molar-refractivity contribution < 1.29 is 23.8 Å². The molecule has 6 nitrogen and oxygen atoms in total. The normalized spacial score (nSPS) is 12.8. The number of benzene rings is 1. The van der Waals surface area contributed by atoms with Crippen LogP contribution in [0.1, 0.15) is 56.5 Å². The highest BCUT2D eigenvalue weighted by atomic mass is 32.1. The number of hydrogen-bond donors (Lipinski definition) is 1. The molecule has 0 amide bonds. The van der Waals surface area contributed by atoms with Crippen molar-refractivity contribution in [1.29, 1.82) is 0 Å². The first-order valence-corrected chi connectivity index (χ1v) is 11.1. The van der Waals surface area contributed by atoms with Crippen LogP contribution >= 0.6 is 11.3 Å². The van der Waals surface area contributed by atoms with Crippen molar-refractivity contribution in [2.24, 2.45) is 0 Å². The van der Waals surface area contributed by atoms with Crippen LogP contribution < -0.4 is 4.74 Å². The zero-order chi connectivity index (χ0) is 21.8. The van der Waals surface area contributed by atoms with Gasteiger partial charge in [-0.05, 0) is 43.8 Å². The van der Waals surface area contributed by atoms with E-state index < -0.39 is 12.1 Å². The van der Waals surface area contributed by atoms with Crippen LogP contribution in [0.4, 0.5) is 0 Å². The minimum atomic E-state index is -0.947. The third-order valence-corrected chi connectivity index (χ3v) is 5.76. The SMILES string of the molecule is Cc1oc(C(C)C)nc1CCOc1ccc(CC(OC(C)C)C(=O)O)c2sccc12. The molecule has 30 heavy (non-hydrogen) atoms. The number of aryl methyl sites for hydroxylation is 1. The van der Waals surface area contributed by atoms with E-state index in [4.69, 9.17) is 13.9 Å². The van der Waals surface area contributed by atoms with Gasteiger partial charge in [0.05, 0.1) is 18.4 Å². The van der Waals surface area contributed by atoms with Gasteiger partial charge in [0.25, 0.3) is 0 Å². The average Bonchev–Trinajstić information content (AvgIpc) is 3.30. The molecule has 2 aromatic heterocycles. The summed E-state index contributed by atoms with van der Waals surface area (Å²) in [5.74, 6) is 1.69. The number of nitrogens with zero attached hydrogens (tertiary/aromatic N) is 1. The van der Waals surface area contributed by atoms with Crippen LogP contribution in [0.5, 0.6) is 5.75 Å². The van der Waals surface area contributed by atoms with Crippen molar-refractivity contribution >= 4 is 27.4 Å². The number of carboxylic acids is 1. The van der Waals surface area contributed by atoms with E-state index in [-0.39, 0.29) is 12.0 Å². The van der Waals surface area contributed by atoms with Gasteiger partial charge in [0.1, 0.15) is 11.5 Å². The molecule has 3 rings (SSSR count). The maximum atomic E-state index is 11.6. The number of ether oxygens (including phenoxy) is 2.